The molecule has 1 aliphatic carbocycles. The van der Waals surface area contributed by atoms with Gasteiger partial charge < -0.3 is 14.5 Å². The number of ether oxygens (including phenoxy) is 2. The molecule has 0 amide bonds. The molecule has 2 aromatic heterocycles. The van der Waals surface area contributed by atoms with Crippen LogP contribution in [0.5, 0.6) is 0 Å². The molecule has 0 radical (unpaired) electrons. The first kappa shape index (κ1) is 21.5. The van der Waals surface area contributed by atoms with E-state index < -0.39 is 24.3 Å². The molecule has 1 N–H and O–H groups in total. The highest BCUT2D eigenvalue weighted by Gasteiger charge is 2.29. The van der Waals surface area contributed by atoms with Gasteiger partial charge in [-0.15, -0.1) is 0 Å². The Morgan fingerprint density at radius 2 is 1.81 bits per heavy atom. The van der Waals surface area contributed by atoms with Crippen molar-refractivity contribution in [2.24, 2.45) is 0 Å². The number of para-hydroxylation sites is 1. The summed E-state index contributed by atoms with van der Waals surface area (Å²) in [6, 6.07) is 9.62. The third kappa shape index (κ3) is 3.84. The molecular formula is C24H25N3O5. The van der Waals surface area contributed by atoms with E-state index in [9.17, 15) is 14.4 Å². The Labute approximate surface area is 185 Å². The number of carbonyl (C=O) groups excluding carboxylic acids is 3. The van der Waals surface area contributed by atoms with Crippen molar-refractivity contribution in [3.05, 3.63) is 69.8 Å². The number of esters is 2. The molecule has 0 bridgehead atoms. The van der Waals surface area contributed by atoms with Crippen molar-refractivity contribution in [1.29, 1.82) is 0 Å². The third-order valence-corrected chi connectivity index (χ3v) is 5.65. The highest BCUT2D eigenvalue weighted by atomic mass is 16.5. The van der Waals surface area contributed by atoms with E-state index >= 15 is 0 Å². The van der Waals surface area contributed by atoms with Crippen molar-refractivity contribution in [3.63, 3.8) is 0 Å². The smallest absolute Gasteiger partial charge is 0.359 e. The molecular weight excluding hydrogens is 410 g/mol. The minimum absolute atomic E-state index is 0.235. The number of Topliss-reactive ketones (excluding diaryl/α,β-unsaturated/α-hetero) is 1. The van der Waals surface area contributed by atoms with Crippen LogP contribution in [0.1, 0.15) is 67.2 Å². The fourth-order valence-electron chi connectivity index (χ4n) is 4.19. The number of hydrogen-bond donors (Lipinski definition) is 1. The zero-order valence-corrected chi connectivity index (χ0v) is 18.4. The number of carbonyl (C=O) groups is 3. The van der Waals surface area contributed by atoms with Gasteiger partial charge in [-0.3, -0.25) is 4.79 Å². The molecule has 0 unspecified atom stereocenters. The lowest BCUT2D eigenvalue weighted by atomic mass is 10.1. The fourth-order valence-corrected chi connectivity index (χ4v) is 4.19. The average molecular weight is 435 g/mol. The number of nitrogens with zero attached hydrogens (tertiary/aromatic N) is 2. The number of ketones is 1. The van der Waals surface area contributed by atoms with Gasteiger partial charge in [0.15, 0.2) is 12.3 Å². The van der Waals surface area contributed by atoms with E-state index in [1.54, 1.807) is 25.5 Å². The Balaban J connectivity index is 1.51. The number of nitrogens with one attached hydrogen (secondary N) is 1. The van der Waals surface area contributed by atoms with Crippen molar-refractivity contribution in [2.75, 3.05) is 13.2 Å². The van der Waals surface area contributed by atoms with Gasteiger partial charge in [0.2, 0.25) is 5.78 Å². The number of rotatable bonds is 7. The molecule has 0 fully saturated rings. The number of hydrogen-bond acceptors (Lipinski definition) is 6. The second kappa shape index (κ2) is 8.82. The molecule has 0 aliphatic heterocycles. The fraction of sp³-hybridized carbons (Fsp3) is 0.333. The summed E-state index contributed by atoms with van der Waals surface area (Å²) in [6.07, 6.45) is 2.52. The van der Waals surface area contributed by atoms with Crippen LogP contribution >= 0.6 is 0 Å². The monoisotopic (exact) mass is 435 g/mol. The van der Waals surface area contributed by atoms with Crippen molar-refractivity contribution < 1.29 is 23.9 Å². The summed E-state index contributed by atoms with van der Waals surface area (Å²) in [5.74, 6) is -1.54. The lowest BCUT2D eigenvalue weighted by Gasteiger charge is -2.05. The van der Waals surface area contributed by atoms with Gasteiger partial charge in [-0.25, -0.2) is 14.3 Å². The first-order chi connectivity index (χ1) is 15.4. The zero-order valence-electron chi connectivity index (χ0n) is 18.4. The molecule has 0 saturated carbocycles. The molecule has 4 rings (SSSR count). The minimum atomic E-state index is -0.627. The molecule has 3 aromatic rings. The maximum Gasteiger partial charge on any atom is 0.359 e. The van der Waals surface area contributed by atoms with Crippen molar-refractivity contribution in [3.8, 4) is 5.69 Å². The normalized spacial score (nSPS) is 12.5. The van der Waals surface area contributed by atoms with Gasteiger partial charge in [0, 0.05) is 17.0 Å². The number of benzene rings is 1. The first-order valence-corrected chi connectivity index (χ1v) is 10.6. The van der Waals surface area contributed by atoms with Gasteiger partial charge in [-0.1, -0.05) is 18.2 Å². The highest BCUT2D eigenvalue weighted by molar-refractivity contribution is 6.03. The Morgan fingerprint density at radius 3 is 2.53 bits per heavy atom. The number of aryl methyl sites for hydroxylation is 1. The molecule has 8 nitrogen and oxygen atoms in total. The van der Waals surface area contributed by atoms with Crippen LogP contribution in [0.4, 0.5) is 0 Å². The van der Waals surface area contributed by atoms with Crippen LogP contribution in [0.25, 0.3) is 5.69 Å². The number of H-pyrrole nitrogens is 1. The van der Waals surface area contributed by atoms with E-state index in [4.69, 9.17) is 9.47 Å². The van der Waals surface area contributed by atoms with Crippen LogP contribution in [-0.2, 0) is 22.3 Å². The van der Waals surface area contributed by atoms with Gasteiger partial charge in [-0.2, -0.15) is 5.10 Å². The lowest BCUT2D eigenvalue weighted by molar-refractivity contribution is 0.0465. The quantitative estimate of drug-likeness (QED) is 0.450. The van der Waals surface area contributed by atoms with Crippen molar-refractivity contribution >= 4 is 17.7 Å². The topological polar surface area (TPSA) is 103 Å². The second-order valence-corrected chi connectivity index (χ2v) is 7.72. The summed E-state index contributed by atoms with van der Waals surface area (Å²) in [6.45, 7) is 4.87. The summed E-state index contributed by atoms with van der Waals surface area (Å²) in [5, 5.41) is 4.49. The Hall–Kier alpha value is -3.68. The van der Waals surface area contributed by atoms with E-state index in [-0.39, 0.29) is 18.0 Å². The minimum Gasteiger partial charge on any atom is -0.462 e. The van der Waals surface area contributed by atoms with Crippen LogP contribution < -0.4 is 0 Å². The Bertz CT molecular complexity index is 1190. The number of fused-ring (bicyclic) bond motifs is 1. The van der Waals surface area contributed by atoms with Gasteiger partial charge in [-0.05, 0) is 57.7 Å². The highest BCUT2D eigenvalue weighted by Crippen LogP contribution is 2.28. The van der Waals surface area contributed by atoms with Crippen LogP contribution in [0.2, 0.25) is 0 Å². The molecule has 0 atom stereocenters. The van der Waals surface area contributed by atoms with Crippen molar-refractivity contribution in [1.82, 2.24) is 14.8 Å². The first-order valence-electron chi connectivity index (χ1n) is 10.6. The molecule has 0 saturated heterocycles. The summed E-state index contributed by atoms with van der Waals surface area (Å²) in [5.41, 5.74) is 4.60. The summed E-state index contributed by atoms with van der Waals surface area (Å²) in [7, 11) is 0. The predicted octanol–water partition coefficient (Wildman–Crippen LogP) is 3.52. The van der Waals surface area contributed by atoms with Gasteiger partial charge >= 0.3 is 11.9 Å². The Morgan fingerprint density at radius 1 is 1.06 bits per heavy atom. The van der Waals surface area contributed by atoms with Gasteiger partial charge in [0.05, 0.1) is 23.6 Å². The van der Waals surface area contributed by atoms with Crippen molar-refractivity contribution in [2.45, 2.75) is 40.0 Å². The number of aromatic amines is 1. The summed E-state index contributed by atoms with van der Waals surface area (Å²) < 4.78 is 12.2. The predicted molar refractivity (Wildman–Crippen MR) is 116 cm³/mol. The van der Waals surface area contributed by atoms with E-state index in [0.717, 1.165) is 36.2 Å². The lowest BCUT2D eigenvalue weighted by Crippen LogP contribution is -2.17. The van der Waals surface area contributed by atoms with E-state index in [2.05, 4.69) is 10.1 Å². The van der Waals surface area contributed by atoms with Crippen LogP contribution in [-0.4, -0.2) is 45.7 Å². The molecule has 1 aliphatic rings. The Kier molecular flexibility index (Phi) is 5.94. The number of aromatic nitrogens is 3. The molecule has 32 heavy (non-hydrogen) atoms. The molecule has 166 valence electrons. The average Bonchev–Trinajstić information content (AvgIpc) is 3.46. The van der Waals surface area contributed by atoms with Gasteiger partial charge in [0.25, 0.3) is 0 Å². The second-order valence-electron chi connectivity index (χ2n) is 7.72. The molecule has 2 heterocycles. The maximum absolute atomic E-state index is 12.8. The van der Waals surface area contributed by atoms with Crippen LogP contribution in [0.3, 0.4) is 0 Å². The summed E-state index contributed by atoms with van der Waals surface area (Å²) in [4.78, 5) is 40.6. The SMILES string of the molecule is CCOC(=O)c1c(C)[nH]c(C(=O)COC(=O)c2nn(-c3ccccc3)c3c2CCC3)c1C. The zero-order chi connectivity index (χ0) is 22.8. The standard InChI is InChI=1S/C24H25N3O5/c1-4-31-23(29)20-14(2)21(25-15(20)3)19(28)13-32-24(30)22-17-11-8-12-18(17)27(26-22)16-9-6-5-7-10-16/h5-7,9-10,25H,4,8,11-13H2,1-3H3. The molecule has 0 spiro atoms. The largest absolute Gasteiger partial charge is 0.462 e. The third-order valence-electron chi connectivity index (χ3n) is 5.65. The van der Waals surface area contributed by atoms with E-state index in [1.807, 2.05) is 30.3 Å². The molecule has 1 aromatic carbocycles. The van der Waals surface area contributed by atoms with E-state index in [1.165, 1.54) is 0 Å². The van der Waals surface area contributed by atoms with Crippen LogP contribution in [0, 0.1) is 13.8 Å². The molecule has 8 heteroatoms. The van der Waals surface area contributed by atoms with Crippen LogP contribution in [0.15, 0.2) is 30.3 Å². The van der Waals surface area contributed by atoms with Gasteiger partial charge in [0.1, 0.15) is 0 Å². The summed E-state index contributed by atoms with van der Waals surface area (Å²) >= 11 is 0. The van der Waals surface area contributed by atoms with E-state index in [0.29, 0.717) is 16.8 Å². The maximum atomic E-state index is 12.8.